The maximum atomic E-state index is 12.1. The molecule has 18 heavy (non-hydrogen) atoms. The molecule has 0 spiro atoms. The van der Waals surface area contributed by atoms with Gasteiger partial charge in [-0.2, -0.15) is 0 Å². The molecule has 2 rings (SSSR count). The van der Waals surface area contributed by atoms with E-state index in [2.05, 4.69) is 4.72 Å². The molecule has 1 aromatic rings. The number of ether oxygens (including phenoxy) is 1. The minimum Gasteiger partial charge on any atom is -0.377 e. The summed E-state index contributed by atoms with van der Waals surface area (Å²) in [6.07, 6.45) is 3.06. The van der Waals surface area contributed by atoms with E-state index < -0.39 is 10.0 Å². The number of rotatable bonds is 5. The van der Waals surface area contributed by atoms with Crippen LogP contribution < -0.4 is 10.5 Å². The fourth-order valence-corrected chi connectivity index (χ4v) is 4.37. The summed E-state index contributed by atoms with van der Waals surface area (Å²) in [4.78, 5) is 0.984. The van der Waals surface area contributed by atoms with Crippen molar-refractivity contribution in [1.29, 1.82) is 0 Å². The van der Waals surface area contributed by atoms with E-state index in [0.29, 0.717) is 16.3 Å². The van der Waals surface area contributed by atoms with Gasteiger partial charge in [0.15, 0.2) is 0 Å². The minimum atomic E-state index is -3.46. The standard InChI is InChI=1S/C11H18N2O3S2/c12-7-10-11(4-6-17-10)18(14,15)13-8-9-3-1-2-5-16-9/h4,6,9,13H,1-3,5,7-8,12H2. The topological polar surface area (TPSA) is 81.4 Å². The van der Waals surface area contributed by atoms with Crippen molar-refractivity contribution in [3.63, 3.8) is 0 Å². The van der Waals surface area contributed by atoms with Gasteiger partial charge in [-0.3, -0.25) is 0 Å². The van der Waals surface area contributed by atoms with Crippen LogP contribution in [0.3, 0.4) is 0 Å². The van der Waals surface area contributed by atoms with E-state index in [9.17, 15) is 8.42 Å². The Labute approximate surface area is 111 Å². The van der Waals surface area contributed by atoms with Crippen molar-refractivity contribution < 1.29 is 13.2 Å². The molecule has 1 aromatic heterocycles. The van der Waals surface area contributed by atoms with E-state index in [4.69, 9.17) is 10.5 Å². The summed E-state index contributed by atoms with van der Waals surface area (Å²) in [5, 5.41) is 1.74. The summed E-state index contributed by atoms with van der Waals surface area (Å²) in [7, 11) is -3.46. The highest BCUT2D eigenvalue weighted by Crippen LogP contribution is 2.21. The van der Waals surface area contributed by atoms with Gasteiger partial charge in [-0.25, -0.2) is 13.1 Å². The first kappa shape index (κ1) is 14.0. The maximum Gasteiger partial charge on any atom is 0.241 e. The fraction of sp³-hybridized carbons (Fsp3) is 0.636. The van der Waals surface area contributed by atoms with Gasteiger partial charge < -0.3 is 10.5 Å². The van der Waals surface area contributed by atoms with Crippen LogP contribution in [0.25, 0.3) is 0 Å². The molecule has 0 aliphatic carbocycles. The highest BCUT2D eigenvalue weighted by atomic mass is 32.2. The van der Waals surface area contributed by atoms with Crippen LogP contribution in [0.4, 0.5) is 0 Å². The lowest BCUT2D eigenvalue weighted by molar-refractivity contribution is 0.0200. The summed E-state index contributed by atoms with van der Waals surface area (Å²) in [6, 6.07) is 1.59. The van der Waals surface area contributed by atoms with Crippen LogP contribution >= 0.6 is 11.3 Å². The van der Waals surface area contributed by atoms with E-state index in [0.717, 1.165) is 25.9 Å². The second kappa shape index (κ2) is 6.12. The average Bonchev–Trinajstić information content (AvgIpc) is 2.87. The Bertz CT molecular complexity index is 478. The van der Waals surface area contributed by atoms with Gasteiger partial charge in [-0.05, 0) is 30.7 Å². The number of hydrogen-bond acceptors (Lipinski definition) is 5. The molecule has 1 saturated heterocycles. The Morgan fingerprint density at radius 3 is 3.00 bits per heavy atom. The van der Waals surface area contributed by atoms with Gasteiger partial charge in [0, 0.05) is 24.6 Å². The van der Waals surface area contributed by atoms with Crippen molar-refractivity contribution in [3.05, 3.63) is 16.3 Å². The van der Waals surface area contributed by atoms with Crippen molar-refractivity contribution in [2.24, 2.45) is 5.73 Å². The van der Waals surface area contributed by atoms with Crippen molar-refractivity contribution >= 4 is 21.4 Å². The molecule has 0 amide bonds. The van der Waals surface area contributed by atoms with Crippen molar-refractivity contribution in [1.82, 2.24) is 4.72 Å². The smallest absolute Gasteiger partial charge is 0.241 e. The van der Waals surface area contributed by atoms with Crippen molar-refractivity contribution in [2.45, 2.75) is 36.8 Å². The lowest BCUT2D eigenvalue weighted by Gasteiger charge is -2.22. The zero-order chi connectivity index (χ0) is 13.0. The molecule has 0 radical (unpaired) electrons. The summed E-state index contributed by atoms with van der Waals surface area (Å²) >= 11 is 1.36. The van der Waals surface area contributed by atoms with Crippen LogP contribution in [0.1, 0.15) is 24.1 Å². The molecule has 0 aromatic carbocycles. The molecule has 0 bridgehead atoms. The predicted molar refractivity (Wildman–Crippen MR) is 71.0 cm³/mol. The molecule has 7 heteroatoms. The van der Waals surface area contributed by atoms with E-state index in [-0.39, 0.29) is 12.6 Å². The van der Waals surface area contributed by atoms with Crippen LogP contribution in [0.5, 0.6) is 0 Å². The van der Waals surface area contributed by atoms with Crippen LogP contribution in [0, 0.1) is 0 Å². The van der Waals surface area contributed by atoms with Gasteiger partial charge in [0.2, 0.25) is 10.0 Å². The van der Waals surface area contributed by atoms with Crippen LogP contribution in [0.15, 0.2) is 16.3 Å². The van der Waals surface area contributed by atoms with E-state index >= 15 is 0 Å². The van der Waals surface area contributed by atoms with Crippen LogP contribution in [-0.2, 0) is 21.3 Å². The quantitative estimate of drug-likeness (QED) is 0.849. The third-order valence-electron chi connectivity index (χ3n) is 2.95. The van der Waals surface area contributed by atoms with Gasteiger partial charge in [-0.1, -0.05) is 0 Å². The molecule has 1 fully saturated rings. The zero-order valence-corrected chi connectivity index (χ0v) is 11.7. The lowest BCUT2D eigenvalue weighted by Crippen LogP contribution is -2.35. The van der Waals surface area contributed by atoms with Gasteiger partial charge in [0.25, 0.3) is 0 Å². The molecule has 1 unspecified atom stereocenters. The fourth-order valence-electron chi connectivity index (χ4n) is 1.97. The molecular weight excluding hydrogens is 272 g/mol. The first-order chi connectivity index (χ1) is 8.63. The predicted octanol–water partition coefficient (Wildman–Crippen LogP) is 1.05. The maximum absolute atomic E-state index is 12.1. The molecule has 5 nitrogen and oxygen atoms in total. The molecule has 2 heterocycles. The number of thiophene rings is 1. The normalized spacial score (nSPS) is 21.1. The number of hydrogen-bond donors (Lipinski definition) is 2. The number of nitrogens with two attached hydrogens (primary N) is 1. The van der Waals surface area contributed by atoms with Crippen molar-refractivity contribution in [2.75, 3.05) is 13.2 Å². The molecule has 0 saturated carbocycles. The molecule has 1 atom stereocenters. The number of sulfonamides is 1. The highest BCUT2D eigenvalue weighted by Gasteiger charge is 2.21. The van der Waals surface area contributed by atoms with Crippen LogP contribution in [-0.4, -0.2) is 27.7 Å². The van der Waals surface area contributed by atoms with E-state index in [1.54, 1.807) is 11.4 Å². The summed E-state index contributed by atoms with van der Waals surface area (Å²) in [5.41, 5.74) is 5.52. The minimum absolute atomic E-state index is 0.00603. The van der Waals surface area contributed by atoms with Gasteiger partial charge in [0.1, 0.15) is 0 Å². The third-order valence-corrected chi connectivity index (χ3v) is 5.54. The van der Waals surface area contributed by atoms with Crippen molar-refractivity contribution in [3.8, 4) is 0 Å². The van der Waals surface area contributed by atoms with Gasteiger partial charge in [0.05, 0.1) is 11.0 Å². The Morgan fingerprint density at radius 2 is 2.33 bits per heavy atom. The van der Waals surface area contributed by atoms with Gasteiger partial charge >= 0.3 is 0 Å². The highest BCUT2D eigenvalue weighted by molar-refractivity contribution is 7.89. The van der Waals surface area contributed by atoms with E-state index in [1.165, 1.54) is 11.3 Å². The largest absolute Gasteiger partial charge is 0.377 e. The SMILES string of the molecule is NCc1sccc1S(=O)(=O)NCC1CCCCO1. The summed E-state index contributed by atoms with van der Waals surface area (Å²) in [6.45, 7) is 1.30. The zero-order valence-electron chi connectivity index (χ0n) is 10.1. The Morgan fingerprint density at radius 1 is 1.50 bits per heavy atom. The molecular formula is C11H18N2O3S2. The summed E-state index contributed by atoms with van der Waals surface area (Å²) < 4.78 is 32.3. The Kier molecular flexibility index (Phi) is 4.74. The first-order valence-corrected chi connectivity index (χ1v) is 8.37. The third kappa shape index (κ3) is 3.30. The summed E-state index contributed by atoms with van der Waals surface area (Å²) in [5.74, 6) is 0. The second-order valence-electron chi connectivity index (χ2n) is 4.25. The monoisotopic (exact) mass is 290 g/mol. The average molecular weight is 290 g/mol. The Balaban J connectivity index is 1.99. The van der Waals surface area contributed by atoms with Gasteiger partial charge in [-0.15, -0.1) is 11.3 Å². The second-order valence-corrected chi connectivity index (χ2v) is 6.99. The molecule has 1 aliphatic rings. The first-order valence-electron chi connectivity index (χ1n) is 6.01. The number of nitrogens with one attached hydrogen (secondary N) is 1. The molecule has 1 aliphatic heterocycles. The molecule has 3 N–H and O–H groups in total. The van der Waals surface area contributed by atoms with Crippen LogP contribution in [0.2, 0.25) is 0 Å². The lowest BCUT2D eigenvalue weighted by atomic mass is 10.1. The molecule has 102 valence electrons. The Hall–Kier alpha value is -0.470. The van der Waals surface area contributed by atoms with E-state index in [1.807, 2.05) is 0 Å².